The first-order valence-corrected chi connectivity index (χ1v) is 13.2. The zero-order valence-electron chi connectivity index (χ0n) is 22.3. The monoisotopic (exact) mass is 541 g/mol. The van der Waals surface area contributed by atoms with Crippen molar-refractivity contribution >= 4 is 34.6 Å². The van der Waals surface area contributed by atoms with Crippen molar-refractivity contribution in [3.63, 3.8) is 0 Å². The lowest BCUT2D eigenvalue weighted by Crippen LogP contribution is -2.30. The van der Waals surface area contributed by atoms with E-state index >= 15 is 0 Å². The van der Waals surface area contributed by atoms with Crippen LogP contribution in [0.4, 0.5) is 11.4 Å². The van der Waals surface area contributed by atoms with E-state index < -0.39 is 0 Å². The Balaban J connectivity index is 1.64. The van der Waals surface area contributed by atoms with E-state index in [-0.39, 0.29) is 18.0 Å². The molecule has 1 aliphatic rings. The fraction of sp³-hybridized carbons (Fsp3) is 0.233. The minimum absolute atomic E-state index is 0.0831. The van der Waals surface area contributed by atoms with Crippen LogP contribution in [0.25, 0.3) is 5.69 Å². The van der Waals surface area contributed by atoms with Gasteiger partial charge in [-0.15, -0.1) is 0 Å². The average Bonchev–Trinajstić information content (AvgIpc) is 3.52. The number of carbonyl (C=O) groups excluding carboxylic acids is 1. The molecule has 1 fully saturated rings. The lowest BCUT2D eigenvalue weighted by Gasteiger charge is -2.30. The van der Waals surface area contributed by atoms with E-state index in [1.165, 1.54) is 0 Å². The molecule has 200 valence electrons. The lowest BCUT2D eigenvalue weighted by molar-refractivity contribution is -0.115. The summed E-state index contributed by atoms with van der Waals surface area (Å²) in [4.78, 5) is 18.8. The van der Waals surface area contributed by atoms with Gasteiger partial charge in [-0.2, -0.15) is 0 Å². The molecule has 0 radical (unpaired) electrons. The smallest absolute Gasteiger partial charge is 0.224 e. The molecule has 8 nitrogen and oxygen atoms in total. The Morgan fingerprint density at radius 3 is 2.46 bits per heavy atom. The van der Waals surface area contributed by atoms with Gasteiger partial charge < -0.3 is 29.6 Å². The van der Waals surface area contributed by atoms with Crippen molar-refractivity contribution in [2.45, 2.75) is 32.4 Å². The Morgan fingerprint density at radius 1 is 1.03 bits per heavy atom. The Morgan fingerprint density at radius 2 is 1.79 bits per heavy atom. The topological polar surface area (TPSA) is 80.7 Å². The summed E-state index contributed by atoms with van der Waals surface area (Å²) in [6.07, 6.45) is 2.17. The van der Waals surface area contributed by atoms with Gasteiger partial charge in [0.05, 0.1) is 31.6 Å². The molecule has 9 heteroatoms. The summed E-state index contributed by atoms with van der Waals surface area (Å²) in [6, 6.07) is 23.4. The second-order valence-electron chi connectivity index (χ2n) is 9.22. The summed E-state index contributed by atoms with van der Waals surface area (Å²) in [7, 11) is 3.25. The van der Waals surface area contributed by atoms with Gasteiger partial charge in [-0.05, 0) is 79.8 Å². The number of pyridine rings is 1. The number of carbonyl (C=O) groups is 1. The minimum atomic E-state index is -0.232. The number of methoxy groups -OCH3 is 2. The van der Waals surface area contributed by atoms with E-state index in [9.17, 15) is 4.79 Å². The molecule has 3 heterocycles. The Labute approximate surface area is 233 Å². The largest absolute Gasteiger partial charge is 0.497 e. The van der Waals surface area contributed by atoms with Crippen LogP contribution >= 0.6 is 12.2 Å². The molecule has 5 rings (SSSR count). The predicted molar refractivity (Wildman–Crippen MR) is 157 cm³/mol. The first-order valence-electron chi connectivity index (χ1n) is 12.8. The fourth-order valence-electron chi connectivity index (χ4n) is 4.98. The number of hydrogen-bond acceptors (Lipinski definition) is 5. The van der Waals surface area contributed by atoms with Gasteiger partial charge in [0.2, 0.25) is 5.91 Å². The molecule has 0 spiro atoms. The first-order chi connectivity index (χ1) is 18.9. The van der Waals surface area contributed by atoms with Gasteiger partial charge in [0.25, 0.3) is 0 Å². The van der Waals surface area contributed by atoms with E-state index in [2.05, 4.69) is 44.1 Å². The lowest BCUT2D eigenvalue weighted by atomic mass is 10.0. The normalized spacial score (nSPS) is 16.6. The van der Waals surface area contributed by atoms with E-state index in [1.54, 1.807) is 20.4 Å². The summed E-state index contributed by atoms with van der Waals surface area (Å²) in [5, 5.41) is 7.00. The molecule has 2 aromatic carbocycles. The van der Waals surface area contributed by atoms with Gasteiger partial charge in [-0.3, -0.25) is 9.78 Å². The van der Waals surface area contributed by atoms with Gasteiger partial charge in [0.15, 0.2) is 5.11 Å². The summed E-state index contributed by atoms with van der Waals surface area (Å²) in [5.74, 6) is 1.27. The van der Waals surface area contributed by atoms with Crippen LogP contribution in [0.15, 0.2) is 79.0 Å². The zero-order valence-corrected chi connectivity index (χ0v) is 23.2. The molecule has 0 unspecified atom stereocenters. The quantitative estimate of drug-likeness (QED) is 0.276. The standard InChI is InChI=1S/C30H31N5O3S/c1-5-27(36)32-23-15-12-21(18-26(23)38-4)35-29(28(33-30(35)39)24-8-6-7-17-31-24)25-16-9-19(2)34(25)20-10-13-22(37-3)14-11-20/h6-18,28-29H,5H2,1-4H3,(H,32,36)(H,33,39)/t28-,29-/m0/s1. The van der Waals surface area contributed by atoms with Crippen LogP contribution in [0.3, 0.4) is 0 Å². The van der Waals surface area contributed by atoms with Crippen LogP contribution in [0.1, 0.15) is 42.5 Å². The summed E-state index contributed by atoms with van der Waals surface area (Å²) in [6.45, 7) is 3.90. The predicted octanol–water partition coefficient (Wildman–Crippen LogP) is 5.72. The second kappa shape index (κ2) is 11.2. The second-order valence-corrected chi connectivity index (χ2v) is 9.60. The van der Waals surface area contributed by atoms with Crippen molar-refractivity contribution < 1.29 is 14.3 Å². The number of ether oxygens (including phenoxy) is 2. The number of benzene rings is 2. The van der Waals surface area contributed by atoms with Crippen molar-refractivity contribution in [2.75, 3.05) is 24.4 Å². The van der Waals surface area contributed by atoms with E-state index in [1.807, 2.05) is 67.6 Å². The van der Waals surface area contributed by atoms with Crippen molar-refractivity contribution in [2.24, 2.45) is 0 Å². The molecule has 0 aliphatic carbocycles. The van der Waals surface area contributed by atoms with E-state index in [0.717, 1.165) is 34.2 Å². The molecule has 1 saturated heterocycles. The number of aryl methyl sites for hydroxylation is 1. The minimum Gasteiger partial charge on any atom is -0.497 e. The fourth-order valence-corrected chi connectivity index (χ4v) is 5.32. The molecule has 2 atom stereocenters. The molecule has 1 amide bonds. The number of anilines is 2. The summed E-state index contributed by atoms with van der Waals surface area (Å²) in [5.41, 5.74) is 5.47. The molecule has 0 bridgehead atoms. The molecule has 1 aliphatic heterocycles. The number of nitrogens with zero attached hydrogens (tertiary/aromatic N) is 3. The molecule has 0 saturated carbocycles. The molecule has 39 heavy (non-hydrogen) atoms. The number of thiocarbonyl (C=S) groups is 1. The summed E-state index contributed by atoms with van der Waals surface area (Å²) < 4.78 is 13.3. The van der Waals surface area contributed by atoms with E-state index in [4.69, 9.17) is 21.7 Å². The third-order valence-electron chi connectivity index (χ3n) is 6.90. The molecular weight excluding hydrogens is 510 g/mol. The zero-order chi connectivity index (χ0) is 27.5. The van der Waals surface area contributed by atoms with Crippen LogP contribution in [-0.4, -0.2) is 34.8 Å². The highest BCUT2D eigenvalue weighted by Gasteiger charge is 2.42. The van der Waals surface area contributed by atoms with Crippen molar-refractivity contribution in [1.82, 2.24) is 14.9 Å². The number of nitrogens with one attached hydrogen (secondary N) is 2. The maximum Gasteiger partial charge on any atom is 0.224 e. The summed E-state index contributed by atoms with van der Waals surface area (Å²) >= 11 is 5.93. The highest BCUT2D eigenvalue weighted by atomic mass is 32.1. The average molecular weight is 542 g/mol. The Hall–Kier alpha value is -4.37. The van der Waals surface area contributed by atoms with Gasteiger partial charge in [-0.1, -0.05) is 13.0 Å². The van der Waals surface area contributed by atoms with Crippen LogP contribution in [0.2, 0.25) is 0 Å². The van der Waals surface area contributed by atoms with Gasteiger partial charge in [-0.25, -0.2) is 0 Å². The van der Waals surface area contributed by atoms with E-state index in [0.29, 0.717) is 23.0 Å². The van der Waals surface area contributed by atoms with Crippen LogP contribution in [-0.2, 0) is 4.79 Å². The Kier molecular flexibility index (Phi) is 7.51. The van der Waals surface area contributed by atoms with Crippen molar-refractivity contribution in [3.05, 3.63) is 96.1 Å². The number of aromatic nitrogens is 2. The highest BCUT2D eigenvalue weighted by Crippen LogP contribution is 2.44. The third kappa shape index (κ3) is 5.05. The molecular formula is C30H31N5O3S. The first kappa shape index (κ1) is 26.2. The highest BCUT2D eigenvalue weighted by molar-refractivity contribution is 7.80. The number of hydrogen-bond donors (Lipinski definition) is 2. The maximum atomic E-state index is 12.1. The SMILES string of the molecule is CCC(=O)Nc1ccc(N2C(=S)N[C@@H](c3ccccn3)[C@@H]2c2ccc(C)n2-c2ccc(OC)cc2)cc1OC. The van der Waals surface area contributed by atoms with Gasteiger partial charge >= 0.3 is 0 Å². The molecule has 2 aromatic heterocycles. The third-order valence-corrected chi connectivity index (χ3v) is 7.21. The molecule has 4 aromatic rings. The number of amides is 1. The van der Waals surface area contributed by atoms with Gasteiger partial charge in [0, 0.05) is 41.4 Å². The van der Waals surface area contributed by atoms with Crippen molar-refractivity contribution in [3.8, 4) is 17.2 Å². The van der Waals surface area contributed by atoms with Crippen molar-refractivity contribution in [1.29, 1.82) is 0 Å². The van der Waals surface area contributed by atoms with Crippen LogP contribution in [0, 0.1) is 6.92 Å². The van der Waals surface area contributed by atoms with Gasteiger partial charge in [0.1, 0.15) is 17.5 Å². The molecule has 2 N–H and O–H groups in total. The van der Waals surface area contributed by atoms with Crippen LogP contribution in [0.5, 0.6) is 11.5 Å². The number of rotatable bonds is 8. The maximum absolute atomic E-state index is 12.1. The Bertz CT molecular complexity index is 1490. The van der Waals surface area contributed by atoms with Crippen LogP contribution < -0.4 is 25.0 Å².